The number of hydrogen-bond acceptors (Lipinski definition) is 3. The van der Waals surface area contributed by atoms with Crippen LogP contribution in [-0.2, 0) is 4.79 Å². The molecule has 0 bridgehead atoms. The van der Waals surface area contributed by atoms with Crippen LogP contribution in [0.2, 0.25) is 5.02 Å². The molecular formula is C13H19ClN2O2. The Morgan fingerprint density at radius 2 is 2.11 bits per heavy atom. The van der Waals surface area contributed by atoms with Gasteiger partial charge in [0.1, 0.15) is 0 Å². The number of nitrogens with one attached hydrogen (secondary N) is 1. The van der Waals surface area contributed by atoms with Gasteiger partial charge in [0.05, 0.1) is 23.9 Å². The van der Waals surface area contributed by atoms with E-state index in [2.05, 4.69) is 5.32 Å². The van der Waals surface area contributed by atoms with E-state index < -0.39 is 0 Å². The van der Waals surface area contributed by atoms with Crippen LogP contribution < -0.4 is 5.32 Å². The number of anilines is 1. The predicted octanol–water partition coefficient (Wildman–Crippen LogP) is 1.98. The Morgan fingerprint density at radius 3 is 2.67 bits per heavy atom. The van der Waals surface area contributed by atoms with E-state index in [0.717, 1.165) is 0 Å². The van der Waals surface area contributed by atoms with Crippen molar-refractivity contribution in [2.45, 2.75) is 19.9 Å². The third kappa shape index (κ3) is 4.64. The van der Waals surface area contributed by atoms with Gasteiger partial charge >= 0.3 is 0 Å². The molecule has 0 saturated carbocycles. The summed E-state index contributed by atoms with van der Waals surface area (Å²) in [6.45, 7) is 4.73. The van der Waals surface area contributed by atoms with Crippen LogP contribution in [0.3, 0.4) is 0 Å². The summed E-state index contributed by atoms with van der Waals surface area (Å²) >= 11 is 5.96. The van der Waals surface area contributed by atoms with Crippen LogP contribution in [0.25, 0.3) is 0 Å². The monoisotopic (exact) mass is 270 g/mol. The largest absolute Gasteiger partial charge is 0.395 e. The topological polar surface area (TPSA) is 52.6 Å². The number of hydrogen-bond donors (Lipinski definition) is 2. The normalized spacial score (nSPS) is 11.0. The van der Waals surface area contributed by atoms with E-state index in [1.54, 1.807) is 12.1 Å². The fraction of sp³-hybridized carbons (Fsp3) is 0.462. The molecule has 100 valence electrons. The van der Waals surface area contributed by atoms with E-state index in [4.69, 9.17) is 16.7 Å². The van der Waals surface area contributed by atoms with Gasteiger partial charge in [-0.3, -0.25) is 9.69 Å². The molecule has 1 rings (SSSR count). The van der Waals surface area contributed by atoms with Gasteiger partial charge in [0.25, 0.3) is 0 Å². The van der Waals surface area contributed by atoms with Crippen molar-refractivity contribution in [3.05, 3.63) is 29.3 Å². The van der Waals surface area contributed by atoms with Crippen molar-refractivity contribution in [1.29, 1.82) is 0 Å². The first-order chi connectivity index (χ1) is 8.54. The van der Waals surface area contributed by atoms with Gasteiger partial charge < -0.3 is 10.4 Å². The lowest BCUT2D eigenvalue weighted by Gasteiger charge is -2.24. The Morgan fingerprint density at radius 1 is 1.44 bits per heavy atom. The number of aliphatic hydroxyl groups is 1. The summed E-state index contributed by atoms with van der Waals surface area (Å²) in [5.41, 5.74) is 0.608. The highest BCUT2D eigenvalue weighted by atomic mass is 35.5. The summed E-state index contributed by atoms with van der Waals surface area (Å²) in [5, 5.41) is 12.2. The average Bonchev–Trinajstić information content (AvgIpc) is 2.31. The molecule has 18 heavy (non-hydrogen) atoms. The first-order valence-electron chi connectivity index (χ1n) is 5.94. The number of benzene rings is 1. The van der Waals surface area contributed by atoms with E-state index in [-0.39, 0.29) is 25.1 Å². The fourth-order valence-corrected chi connectivity index (χ4v) is 1.77. The van der Waals surface area contributed by atoms with Crippen molar-refractivity contribution in [2.75, 3.05) is 25.0 Å². The third-order valence-corrected chi connectivity index (χ3v) is 2.94. The Bertz CT molecular complexity index is 396. The third-order valence-electron chi connectivity index (χ3n) is 2.61. The molecule has 0 atom stereocenters. The lowest BCUT2D eigenvalue weighted by Crippen LogP contribution is -2.39. The number of aliphatic hydroxyl groups excluding tert-OH is 1. The molecule has 0 radical (unpaired) electrons. The van der Waals surface area contributed by atoms with Crippen molar-refractivity contribution < 1.29 is 9.90 Å². The molecule has 0 aromatic heterocycles. The van der Waals surface area contributed by atoms with E-state index in [9.17, 15) is 4.79 Å². The molecule has 0 unspecified atom stereocenters. The van der Waals surface area contributed by atoms with E-state index >= 15 is 0 Å². The molecule has 0 saturated heterocycles. The molecule has 0 aliphatic heterocycles. The SMILES string of the molecule is CC(C)N(CCO)CC(=O)Nc1ccccc1Cl. The van der Waals surface area contributed by atoms with Crippen LogP contribution >= 0.6 is 11.6 Å². The molecule has 2 N–H and O–H groups in total. The van der Waals surface area contributed by atoms with Crippen molar-refractivity contribution in [3.8, 4) is 0 Å². The lowest BCUT2D eigenvalue weighted by molar-refractivity contribution is -0.117. The molecule has 0 heterocycles. The molecule has 0 aliphatic rings. The quantitative estimate of drug-likeness (QED) is 0.831. The maximum Gasteiger partial charge on any atom is 0.238 e. The molecule has 0 fully saturated rings. The minimum Gasteiger partial charge on any atom is -0.395 e. The number of carbonyl (C=O) groups excluding carboxylic acids is 1. The summed E-state index contributed by atoms with van der Waals surface area (Å²) in [7, 11) is 0. The molecular weight excluding hydrogens is 252 g/mol. The minimum absolute atomic E-state index is 0.0392. The number of carbonyl (C=O) groups is 1. The number of rotatable bonds is 6. The summed E-state index contributed by atoms with van der Waals surface area (Å²) in [5.74, 6) is -0.134. The van der Waals surface area contributed by atoms with Crippen LogP contribution in [0, 0.1) is 0 Å². The minimum atomic E-state index is -0.134. The standard InChI is InChI=1S/C13H19ClN2O2/c1-10(2)16(7-8-17)9-13(18)15-12-6-4-3-5-11(12)14/h3-6,10,17H,7-9H2,1-2H3,(H,15,18). The molecule has 4 nitrogen and oxygen atoms in total. The Kier molecular flexibility index (Phi) is 6.12. The highest BCUT2D eigenvalue weighted by molar-refractivity contribution is 6.33. The van der Waals surface area contributed by atoms with Crippen LogP contribution in [0.4, 0.5) is 5.69 Å². The summed E-state index contributed by atoms with van der Waals surface area (Å²) < 4.78 is 0. The van der Waals surface area contributed by atoms with Gasteiger partial charge in [-0.25, -0.2) is 0 Å². The zero-order valence-electron chi connectivity index (χ0n) is 10.7. The van der Waals surface area contributed by atoms with E-state index in [0.29, 0.717) is 17.3 Å². The van der Waals surface area contributed by atoms with Crippen molar-refractivity contribution >= 4 is 23.2 Å². The van der Waals surface area contributed by atoms with Crippen LogP contribution in [0.15, 0.2) is 24.3 Å². The van der Waals surface area contributed by atoms with Crippen molar-refractivity contribution in [3.63, 3.8) is 0 Å². The fourth-order valence-electron chi connectivity index (χ4n) is 1.59. The van der Waals surface area contributed by atoms with Gasteiger partial charge in [-0.05, 0) is 26.0 Å². The maximum atomic E-state index is 11.9. The van der Waals surface area contributed by atoms with E-state index in [1.165, 1.54) is 0 Å². The van der Waals surface area contributed by atoms with Gasteiger partial charge in [0.2, 0.25) is 5.91 Å². The first-order valence-corrected chi connectivity index (χ1v) is 6.31. The van der Waals surface area contributed by atoms with Crippen LogP contribution in [0.1, 0.15) is 13.8 Å². The van der Waals surface area contributed by atoms with Crippen molar-refractivity contribution in [2.24, 2.45) is 0 Å². The summed E-state index contributed by atoms with van der Waals surface area (Å²) in [4.78, 5) is 13.8. The van der Waals surface area contributed by atoms with Gasteiger partial charge in [0, 0.05) is 12.6 Å². The number of halogens is 1. The Labute approximate surface area is 113 Å². The molecule has 1 aromatic carbocycles. The Hall–Kier alpha value is -1.10. The highest BCUT2D eigenvalue weighted by Gasteiger charge is 2.14. The second-order valence-corrected chi connectivity index (χ2v) is 4.72. The zero-order chi connectivity index (χ0) is 13.5. The maximum absolute atomic E-state index is 11.9. The van der Waals surface area contributed by atoms with Crippen molar-refractivity contribution in [1.82, 2.24) is 4.90 Å². The molecule has 0 aliphatic carbocycles. The second kappa shape index (κ2) is 7.36. The van der Waals surface area contributed by atoms with Crippen LogP contribution in [-0.4, -0.2) is 41.7 Å². The molecule has 0 spiro atoms. The lowest BCUT2D eigenvalue weighted by atomic mass is 10.3. The summed E-state index contributed by atoms with van der Waals surface area (Å²) in [6.07, 6.45) is 0. The Balaban J connectivity index is 2.58. The highest BCUT2D eigenvalue weighted by Crippen LogP contribution is 2.20. The number of amides is 1. The van der Waals surface area contributed by atoms with Gasteiger partial charge in [-0.2, -0.15) is 0 Å². The predicted molar refractivity (Wildman–Crippen MR) is 73.9 cm³/mol. The number of nitrogens with zero attached hydrogens (tertiary/aromatic N) is 1. The van der Waals surface area contributed by atoms with E-state index in [1.807, 2.05) is 30.9 Å². The van der Waals surface area contributed by atoms with Gasteiger partial charge in [0.15, 0.2) is 0 Å². The smallest absolute Gasteiger partial charge is 0.238 e. The number of para-hydroxylation sites is 1. The first kappa shape index (κ1) is 15.0. The van der Waals surface area contributed by atoms with Gasteiger partial charge in [-0.15, -0.1) is 0 Å². The zero-order valence-corrected chi connectivity index (χ0v) is 11.4. The van der Waals surface area contributed by atoms with Gasteiger partial charge in [-0.1, -0.05) is 23.7 Å². The molecule has 5 heteroatoms. The average molecular weight is 271 g/mol. The second-order valence-electron chi connectivity index (χ2n) is 4.32. The summed E-state index contributed by atoms with van der Waals surface area (Å²) in [6, 6.07) is 7.31. The van der Waals surface area contributed by atoms with Crippen LogP contribution in [0.5, 0.6) is 0 Å². The molecule has 1 aromatic rings. The molecule has 1 amide bonds.